The van der Waals surface area contributed by atoms with Crippen molar-refractivity contribution in [2.75, 3.05) is 18.4 Å². The van der Waals surface area contributed by atoms with E-state index in [0.717, 1.165) is 25.6 Å². The normalized spacial score (nSPS) is 23.8. The van der Waals surface area contributed by atoms with Crippen LogP contribution in [-0.4, -0.2) is 39.9 Å². The van der Waals surface area contributed by atoms with Crippen LogP contribution in [0.1, 0.15) is 26.2 Å². The fourth-order valence-corrected chi connectivity index (χ4v) is 2.89. The van der Waals surface area contributed by atoms with Crippen LogP contribution in [0, 0.1) is 0 Å². The van der Waals surface area contributed by atoms with Gasteiger partial charge in [-0.1, -0.05) is 11.6 Å². The Hall–Kier alpha value is -1.07. The zero-order chi connectivity index (χ0) is 13.4. The van der Waals surface area contributed by atoms with E-state index in [9.17, 15) is 4.79 Å². The highest BCUT2D eigenvalue weighted by Gasteiger charge is 2.34. The minimum absolute atomic E-state index is 0.216. The third kappa shape index (κ3) is 2.62. The fourth-order valence-electron chi connectivity index (χ4n) is 2.69. The Morgan fingerprint density at radius 1 is 1.47 bits per heavy atom. The van der Waals surface area contributed by atoms with Crippen LogP contribution in [0.5, 0.6) is 0 Å². The largest absolute Gasteiger partial charge is 0.378 e. The summed E-state index contributed by atoms with van der Waals surface area (Å²) < 4.78 is 1.37. The summed E-state index contributed by atoms with van der Waals surface area (Å²) in [6, 6.07) is 1.17. The molecule has 104 valence electrons. The van der Waals surface area contributed by atoms with E-state index >= 15 is 0 Å². The molecule has 2 fully saturated rings. The molecule has 1 aromatic rings. The molecule has 1 saturated carbocycles. The lowest BCUT2D eigenvalue weighted by atomic mass is 10.2. The summed E-state index contributed by atoms with van der Waals surface area (Å²) in [4.78, 5) is 14.4. The first kappa shape index (κ1) is 12.9. The first-order valence-corrected chi connectivity index (χ1v) is 7.33. The molecule has 2 aliphatic rings. The Labute approximate surface area is 117 Å². The van der Waals surface area contributed by atoms with Gasteiger partial charge in [-0.3, -0.25) is 9.69 Å². The molecule has 1 unspecified atom stereocenters. The van der Waals surface area contributed by atoms with Crippen molar-refractivity contribution in [2.45, 2.75) is 44.8 Å². The number of aryl methyl sites for hydroxylation is 1. The number of hydrogen-bond donors (Lipinski definition) is 1. The molecule has 1 aromatic heterocycles. The van der Waals surface area contributed by atoms with Gasteiger partial charge in [0.15, 0.2) is 0 Å². The van der Waals surface area contributed by atoms with E-state index in [0.29, 0.717) is 18.3 Å². The summed E-state index contributed by atoms with van der Waals surface area (Å²) >= 11 is 6.12. The quantitative estimate of drug-likeness (QED) is 0.911. The van der Waals surface area contributed by atoms with Crippen LogP contribution in [0.15, 0.2) is 11.0 Å². The van der Waals surface area contributed by atoms with E-state index in [1.165, 1.54) is 17.5 Å². The van der Waals surface area contributed by atoms with Gasteiger partial charge >= 0.3 is 0 Å². The van der Waals surface area contributed by atoms with Gasteiger partial charge in [-0.15, -0.1) is 0 Å². The molecule has 19 heavy (non-hydrogen) atoms. The minimum atomic E-state index is -0.216. The average Bonchev–Trinajstić information content (AvgIpc) is 3.16. The number of nitrogens with zero attached hydrogens (tertiary/aromatic N) is 3. The number of nitrogens with one attached hydrogen (secondary N) is 1. The molecule has 5 nitrogen and oxygen atoms in total. The van der Waals surface area contributed by atoms with E-state index in [-0.39, 0.29) is 10.6 Å². The van der Waals surface area contributed by atoms with E-state index in [1.54, 1.807) is 6.20 Å². The second kappa shape index (κ2) is 5.13. The molecule has 3 rings (SSSR count). The van der Waals surface area contributed by atoms with Crippen LogP contribution in [0.4, 0.5) is 5.69 Å². The standard InChI is InChI=1S/C13H19ClN4O/c1-2-18-13(19)12(14)11(7-15-18)16-9-5-6-17(8-9)10-3-4-10/h7,9-10,16H,2-6,8H2,1H3. The van der Waals surface area contributed by atoms with E-state index in [4.69, 9.17) is 11.6 Å². The molecule has 1 N–H and O–H groups in total. The summed E-state index contributed by atoms with van der Waals surface area (Å²) in [5.74, 6) is 0. The second-order valence-corrected chi connectivity index (χ2v) is 5.73. The lowest BCUT2D eigenvalue weighted by molar-refractivity contribution is 0.326. The van der Waals surface area contributed by atoms with Crippen molar-refractivity contribution in [1.82, 2.24) is 14.7 Å². The van der Waals surface area contributed by atoms with Crippen molar-refractivity contribution >= 4 is 17.3 Å². The third-order valence-electron chi connectivity index (χ3n) is 3.93. The smallest absolute Gasteiger partial charge is 0.287 e. The first-order chi connectivity index (χ1) is 9.19. The number of likely N-dealkylation sites (tertiary alicyclic amines) is 1. The highest BCUT2D eigenvalue weighted by molar-refractivity contribution is 6.32. The summed E-state index contributed by atoms with van der Waals surface area (Å²) in [5.41, 5.74) is 0.449. The summed E-state index contributed by atoms with van der Waals surface area (Å²) in [7, 11) is 0. The maximum absolute atomic E-state index is 11.9. The van der Waals surface area contributed by atoms with Crippen LogP contribution in [0.3, 0.4) is 0 Å². The summed E-state index contributed by atoms with van der Waals surface area (Å²) in [6.07, 6.45) is 5.43. The second-order valence-electron chi connectivity index (χ2n) is 5.35. The van der Waals surface area contributed by atoms with Crippen LogP contribution in [-0.2, 0) is 6.54 Å². The average molecular weight is 283 g/mol. The lowest BCUT2D eigenvalue weighted by Crippen LogP contribution is -2.29. The third-order valence-corrected chi connectivity index (χ3v) is 4.29. The Bertz CT molecular complexity index is 526. The monoisotopic (exact) mass is 282 g/mol. The predicted molar refractivity (Wildman–Crippen MR) is 75.8 cm³/mol. The predicted octanol–water partition coefficient (Wildman–Crippen LogP) is 1.57. The molecule has 0 radical (unpaired) electrons. The van der Waals surface area contributed by atoms with Gasteiger partial charge in [0.25, 0.3) is 5.56 Å². The van der Waals surface area contributed by atoms with Gasteiger partial charge in [-0.2, -0.15) is 5.10 Å². The molecule has 1 atom stereocenters. The molecular weight excluding hydrogens is 264 g/mol. The van der Waals surface area contributed by atoms with Gasteiger partial charge in [0.1, 0.15) is 5.02 Å². The molecule has 1 aliphatic carbocycles. The topological polar surface area (TPSA) is 50.2 Å². The van der Waals surface area contributed by atoms with Gasteiger partial charge in [-0.25, -0.2) is 4.68 Å². The van der Waals surface area contributed by atoms with Gasteiger partial charge in [0.05, 0.1) is 11.9 Å². The highest BCUT2D eigenvalue weighted by atomic mass is 35.5. The fraction of sp³-hybridized carbons (Fsp3) is 0.692. The number of halogens is 1. The number of hydrogen-bond acceptors (Lipinski definition) is 4. The van der Waals surface area contributed by atoms with Crippen LogP contribution in [0.2, 0.25) is 5.02 Å². The van der Waals surface area contributed by atoms with Crippen LogP contribution in [0.25, 0.3) is 0 Å². The molecular formula is C13H19ClN4O. The lowest BCUT2D eigenvalue weighted by Gasteiger charge is -2.17. The van der Waals surface area contributed by atoms with Crippen LogP contribution >= 0.6 is 11.6 Å². The molecule has 0 spiro atoms. The maximum Gasteiger partial charge on any atom is 0.287 e. The molecule has 2 heterocycles. The number of rotatable bonds is 4. The zero-order valence-electron chi connectivity index (χ0n) is 11.1. The first-order valence-electron chi connectivity index (χ1n) is 6.95. The minimum Gasteiger partial charge on any atom is -0.378 e. The highest BCUT2D eigenvalue weighted by Crippen LogP contribution is 2.31. The van der Waals surface area contributed by atoms with E-state index in [1.807, 2.05) is 6.92 Å². The Balaban J connectivity index is 1.70. The van der Waals surface area contributed by atoms with Crippen molar-refractivity contribution in [1.29, 1.82) is 0 Å². The number of anilines is 1. The van der Waals surface area contributed by atoms with Gasteiger partial charge in [0, 0.05) is 31.7 Å². The van der Waals surface area contributed by atoms with Crippen molar-refractivity contribution in [3.8, 4) is 0 Å². The van der Waals surface area contributed by atoms with Gasteiger partial charge in [-0.05, 0) is 26.2 Å². The van der Waals surface area contributed by atoms with Crippen molar-refractivity contribution in [3.05, 3.63) is 21.6 Å². The molecule has 6 heteroatoms. The Kier molecular flexibility index (Phi) is 3.50. The zero-order valence-corrected chi connectivity index (χ0v) is 11.9. The molecule has 0 bridgehead atoms. The van der Waals surface area contributed by atoms with Crippen molar-refractivity contribution in [3.63, 3.8) is 0 Å². The summed E-state index contributed by atoms with van der Waals surface area (Å²) in [6.45, 7) is 4.59. The Morgan fingerprint density at radius 3 is 2.95 bits per heavy atom. The van der Waals surface area contributed by atoms with Gasteiger partial charge < -0.3 is 5.32 Å². The Morgan fingerprint density at radius 2 is 2.26 bits per heavy atom. The summed E-state index contributed by atoms with van der Waals surface area (Å²) in [5, 5.41) is 7.73. The van der Waals surface area contributed by atoms with Gasteiger partial charge in [0.2, 0.25) is 0 Å². The van der Waals surface area contributed by atoms with E-state index < -0.39 is 0 Å². The van der Waals surface area contributed by atoms with Crippen molar-refractivity contribution < 1.29 is 0 Å². The van der Waals surface area contributed by atoms with E-state index in [2.05, 4.69) is 15.3 Å². The SMILES string of the molecule is CCn1ncc(NC2CCN(C3CC3)C2)c(Cl)c1=O. The van der Waals surface area contributed by atoms with Crippen molar-refractivity contribution in [2.24, 2.45) is 0 Å². The maximum atomic E-state index is 11.9. The molecule has 1 aliphatic heterocycles. The molecule has 1 saturated heterocycles. The number of aromatic nitrogens is 2. The van der Waals surface area contributed by atoms with Crippen LogP contribution < -0.4 is 10.9 Å². The molecule has 0 aromatic carbocycles. The molecule has 0 amide bonds.